The summed E-state index contributed by atoms with van der Waals surface area (Å²) in [7, 11) is 0. The largest absolute Gasteiger partial charge is 0.405 e. The molecule has 0 aromatic heterocycles. The minimum atomic E-state index is -4.31. The minimum absolute atomic E-state index is 0.0253. The van der Waals surface area contributed by atoms with Crippen LogP contribution in [0, 0.1) is 5.82 Å². The molecule has 0 atom stereocenters. The standard InChI is InChI=1S/C11H14F4N2/c1-2-17(7-11(13,14)15)9-4-3-8(6-16)10(12)5-9/h3-5H,2,6-7,16H2,1H3. The van der Waals surface area contributed by atoms with Crippen LogP contribution in [-0.2, 0) is 6.54 Å². The summed E-state index contributed by atoms with van der Waals surface area (Å²) in [5, 5.41) is 0. The number of hydrogen-bond donors (Lipinski definition) is 1. The van der Waals surface area contributed by atoms with E-state index in [0.717, 1.165) is 11.0 Å². The van der Waals surface area contributed by atoms with Crippen LogP contribution in [0.15, 0.2) is 18.2 Å². The molecule has 0 aliphatic heterocycles. The van der Waals surface area contributed by atoms with Crippen LogP contribution in [-0.4, -0.2) is 19.3 Å². The Morgan fingerprint density at radius 1 is 1.29 bits per heavy atom. The molecule has 96 valence electrons. The number of hydrogen-bond acceptors (Lipinski definition) is 2. The van der Waals surface area contributed by atoms with Gasteiger partial charge in [-0.15, -0.1) is 0 Å². The lowest BCUT2D eigenvalue weighted by Crippen LogP contribution is -2.34. The Labute approximate surface area is 97.0 Å². The van der Waals surface area contributed by atoms with E-state index in [2.05, 4.69) is 0 Å². The molecule has 0 amide bonds. The molecule has 0 radical (unpaired) electrons. The first-order valence-electron chi connectivity index (χ1n) is 5.17. The van der Waals surface area contributed by atoms with E-state index in [9.17, 15) is 17.6 Å². The summed E-state index contributed by atoms with van der Waals surface area (Å²) in [6.45, 7) is 0.670. The lowest BCUT2D eigenvalue weighted by molar-refractivity contribution is -0.119. The van der Waals surface area contributed by atoms with Crippen LogP contribution >= 0.6 is 0 Å². The smallest absolute Gasteiger partial charge is 0.363 e. The molecule has 1 aromatic carbocycles. The van der Waals surface area contributed by atoms with Crippen molar-refractivity contribution >= 4 is 5.69 Å². The van der Waals surface area contributed by atoms with Crippen LogP contribution in [0.1, 0.15) is 12.5 Å². The van der Waals surface area contributed by atoms with Gasteiger partial charge in [-0.25, -0.2) is 4.39 Å². The van der Waals surface area contributed by atoms with E-state index in [4.69, 9.17) is 5.73 Å². The molecule has 1 aromatic rings. The molecule has 1 rings (SSSR count). The highest BCUT2D eigenvalue weighted by atomic mass is 19.4. The lowest BCUT2D eigenvalue weighted by Gasteiger charge is -2.24. The van der Waals surface area contributed by atoms with Crippen LogP contribution in [0.5, 0.6) is 0 Å². The highest BCUT2D eigenvalue weighted by Gasteiger charge is 2.30. The fraction of sp³-hybridized carbons (Fsp3) is 0.455. The number of benzene rings is 1. The van der Waals surface area contributed by atoms with Crippen LogP contribution in [0.3, 0.4) is 0 Å². The summed E-state index contributed by atoms with van der Waals surface area (Å²) in [6.07, 6.45) is -4.31. The Balaban J connectivity index is 2.93. The van der Waals surface area contributed by atoms with Gasteiger partial charge in [-0.05, 0) is 19.1 Å². The molecule has 6 heteroatoms. The first-order chi connectivity index (χ1) is 7.87. The number of nitrogens with two attached hydrogens (primary N) is 1. The second-order valence-corrected chi connectivity index (χ2v) is 3.61. The van der Waals surface area contributed by atoms with Gasteiger partial charge in [-0.1, -0.05) is 6.07 Å². The van der Waals surface area contributed by atoms with E-state index in [-0.39, 0.29) is 24.3 Å². The molecular weight excluding hydrogens is 236 g/mol. The van der Waals surface area contributed by atoms with E-state index >= 15 is 0 Å². The van der Waals surface area contributed by atoms with E-state index in [1.807, 2.05) is 0 Å². The second kappa shape index (κ2) is 5.35. The van der Waals surface area contributed by atoms with Gasteiger partial charge in [-0.2, -0.15) is 13.2 Å². The molecule has 0 bridgehead atoms. The number of anilines is 1. The van der Waals surface area contributed by atoms with Crippen molar-refractivity contribution in [1.82, 2.24) is 0 Å². The molecule has 0 saturated carbocycles. The lowest BCUT2D eigenvalue weighted by atomic mass is 10.2. The quantitative estimate of drug-likeness (QED) is 0.832. The highest BCUT2D eigenvalue weighted by molar-refractivity contribution is 5.48. The highest BCUT2D eigenvalue weighted by Crippen LogP contribution is 2.23. The van der Waals surface area contributed by atoms with Gasteiger partial charge in [0, 0.05) is 24.3 Å². The fourth-order valence-electron chi connectivity index (χ4n) is 1.50. The van der Waals surface area contributed by atoms with E-state index in [0.29, 0.717) is 0 Å². The number of halogens is 4. The summed E-state index contributed by atoms with van der Waals surface area (Å²) in [4.78, 5) is 1.06. The summed E-state index contributed by atoms with van der Waals surface area (Å²) >= 11 is 0. The van der Waals surface area contributed by atoms with Gasteiger partial charge in [0.05, 0.1) is 0 Å². The van der Waals surface area contributed by atoms with Crippen molar-refractivity contribution in [2.45, 2.75) is 19.6 Å². The van der Waals surface area contributed by atoms with Gasteiger partial charge >= 0.3 is 6.18 Å². The third kappa shape index (κ3) is 3.89. The first kappa shape index (κ1) is 13.8. The number of nitrogens with zero attached hydrogens (tertiary/aromatic N) is 1. The maximum absolute atomic E-state index is 13.4. The van der Waals surface area contributed by atoms with Crippen molar-refractivity contribution < 1.29 is 17.6 Å². The summed E-state index contributed by atoms with van der Waals surface area (Å²) in [6, 6.07) is 3.93. The Bertz CT molecular complexity index is 376. The first-order valence-corrected chi connectivity index (χ1v) is 5.17. The van der Waals surface area contributed by atoms with Gasteiger partial charge in [-0.3, -0.25) is 0 Å². The fourth-order valence-corrected chi connectivity index (χ4v) is 1.50. The maximum Gasteiger partial charge on any atom is 0.405 e. The van der Waals surface area contributed by atoms with E-state index < -0.39 is 18.5 Å². The molecular formula is C11H14F4N2. The molecule has 0 aliphatic carbocycles. The molecule has 0 unspecified atom stereocenters. The number of alkyl halides is 3. The minimum Gasteiger partial charge on any atom is -0.363 e. The molecule has 0 spiro atoms. The molecule has 0 aliphatic rings. The van der Waals surface area contributed by atoms with Crippen molar-refractivity contribution in [3.63, 3.8) is 0 Å². The van der Waals surface area contributed by atoms with Crippen LogP contribution < -0.4 is 10.6 Å². The van der Waals surface area contributed by atoms with E-state index in [1.165, 1.54) is 12.1 Å². The summed E-state index contributed by atoms with van der Waals surface area (Å²) in [5.41, 5.74) is 5.77. The molecule has 17 heavy (non-hydrogen) atoms. The maximum atomic E-state index is 13.4. The summed E-state index contributed by atoms with van der Waals surface area (Å²) < 4.78 is 50.2. The Kier molecular flexibility index (Phi) is 4.34. The van der Waals surface area contributed by atoms with Gasteiger partial charge in [0.1, 0.15) is 12.4 Å². The van der Waals surface area contributed by atoms with Gasteiger partial charge in [0.15, 0.2) is 0 Å². The molecule has 0 fully saturated rings. The average molecular weight is 250 g/mol. The third-order valence-electron chi connectivity index (χ3n) is 2.37. The Hall–Kier alpha value is -1.30. The molecule has 0 saturated heterocycles. The molecule has 2 N–H and O–H groups in total. The van der Waals surface area contributed by atoms with Crippen LogP contribution in [0.4, 0.5) is 23.2 Å². The topological polar surface area (TPSA) is 29.3 Å². The third-order valence-corrected chi connectivity index (χ3v) is 2.37. The molecule has 2 nitrogen and oxygen atoms in total. The van der Waals surface area contributed by atoms with Crippen molar-refractivity contribution in [3.8, 4) is 0 Å². The number of rotatable bonds is 4. The predicted molar refractivity (Wildman–Crippen MR) is 58.2 cm³/mol. The average Bonchev–Trinajstić information content (AvgIpc) is 2.24. The Morgan fingerprint density at radius 3 is 2.35 bits per heavy atom. The summed E-state index contributed by atoms with van der Waals surface area (Å²) in [5.74, 6) is -0.578. The van der Waals surface area contributed by atoms with Gasteiger partial charge < -0.3 is 10.6 Å². The van der Waals surface area contributed by atoms with Crippen molar-refractivity contribution in [1.29, 1.82) is 0 Å². The Morgan fingerprint density at radius 2 is 1.94 bits per heavy atom. The second-order valence-electron chi connectivity index (χ2n) is 3.61. The van der Waals surface area contributed by atoms with Gasteiger partial charge in [0.25, 0.3) is 0 Å². The SMILES string of the molecule is CCN(CC(F)(F)F)c1ccc(CN)c(F)c1. The van der Waals surface area contributed by atoms with Crippen molar-refractivity contribution in [2.75, 3.05) is 18.0 Å². The van der Waals surface area contributed by atoms with Crippen molar-refractivity contribution in [2.24, 2.45) is 5.73 Å². The zero-order chi connectivity index (χ0) is 13.1. The normalized spacial score (nSPS) is 11.6. The van der Waals surface area contributed by atoms with Crippen LogP contribution in [0.25, 0.3) is 0 Å². The monoisotopic (exact) mass is 250 g/mol. The predicted octanol–water partition coefficient (Wildman–Crippen LogP) is 2.67. The zero-order valence-corrected chi connectivity index (χ0v) is 9.39. The van der Waals surface area contributed by atoms with E-state index in [1.54, 1.807) is 6.92 Å². The van der Waals surface area contributed by atoms with Crippen molar-refractivity contribution in [3.05, 3.63) is 29.6 Å². The van der Waals surface area contributed by atoms with Gasteiger partial charge in [0.2, 0.25) is 0 Å². The van der Waals surface area contributed by atoms with Crippen LogP contribution in [0.2, 0.25) is 0 Å². The molecule has 0 heterocycles. The zero-order valence-electron chi connectivity index (χ0n) is 9.39.